The molecule has 1 aliphatic rings. The Labute approximate surface area is 123 Å². The van der Waals surface area contributed by atoms with E-state index in [4.69, 9.17) is 0 Å². The van der Waals surface area contributed by atoms with E-state index in [1.54, 1.807) is 0 Å². The van der Waals surface area contributed by atoms with Crippen molar-refractivity contribution in [3.05, 3.63) is 22.5 Å². The van der Waals surface area contributed by atoms with E-state index in [0.29, 0.717) is 12.8 Å². The molecule has 3 rings (SSSR count). The Bertz CT molecular complexity index is 773. The first-order valence-electron chi connectivity index (χ1n) is 6.85. The van der Waals surface area contributed by atoms with Gasteiger partial charge in [0, 0.05) is 7.05 Å². The van der Waals surface area contributed by atoms with Crippen molar-refractivity contribution in [2.75, 3.05) is 0 Å². The normalized spacial score (nSPS) is 25.3. The predicted molar refractivity (Wildman–Crippen MR) is 70.9 cm³/mol. The number of imidazole rings is 1. The Morgan fingerprint density at radius 2 is 2.18 bits per heavy atom. The largest absolute Gasteiger partial charge is 0.352 e. The van der Waals surface area contributed by atoms with Crippen LogP contribution in [0.4, 0.5) is 8.78 Å². The molecule has 3 unspecified atom stereocenters. The summed E-state index contributed by atoms with van der Waals surface area (Å²) in [6.45, 7) is 0. The molecule has 8 nitrogen and oxygen atoms in total. The van der Waals surface area contributed by atoms with Gasteiger partial charge in [0.15, 0.2) is 17.5 Å². The number of hydrogen-bond acceptors (Lipinski definition) is 5. The van der Waals surface area contributed by atoms with Crippen molar-refractivity contribution in [3.63, 3.8) is 0 Å². The molecule has 1 fully saturated rings. The summed E-state index contributed by atoms with van der Waals surface area (Å²) >= 11 is 0. The van der Waals surface area contributed by atoms with Crippen LogP contribution in [0.1, 0.15) is 29.8 Å². The van der Waals surface area contributed by atoms with Gasteiger partial charge in [0.1, 0.15) is 12.5 Å². The number of aromatic nitrogens is 5. The second kappa shape index (κ2) is 5.43. The number of nitrogens with one attached hydrogen (secondary N) is 1. The van der Waals surface area contributed by atoms with Crippen LogP contribution < -0.4 is 11.0 Å². The first-order chi connectivity index (χ1) is 10.5. The summed E-state index contributed by atoms with van der Waals surface area (Å²) < 4.78 is 29.2. The number of fused-ring (bicyclic) bond motifs is 1. The highest BCUT2D eigenvalue weighted by Crippen LogP contribution is 2.24. The van der Waals surface area contributed by atoms with Crippen LogP contribution in [0, 0.1) is 0 Å². The monoisotopic (exact) mass is 312 g/mol. The molecular weight excluding hydrogens is 298 g/mol. The van der Waals surface area contributed by atoms with Crippen LogP contribution >= 0.6 is 0 Å². The number of carbonyl (C=O) groups is 1. The molecule has 1 saturated carbocycles. The van der Waals surface area contributed by atoms with Crippen LogP contribution in [0.5, 0.6) is 0 Å². The zero-order chi connectivity index (χ0) is 15.9. The maximum Gasteiger partial charge on any atom is 0.352 e. The van der Waals surface area contributed by atoms with Crippen molar-refractivity contribution in [2.45, 2.75) is 37.6 Å². The van der Waals surface area contributed by atoms with Gasteiger partial charge in [-0.25, -0.2) is 23.0 Å². The van der Waals surface area contributed by atoms with Gasteiger partial charge in [-0.2, -0.15) is 4.68 Å². The highest BCUT2D eigenvalue weighted by Gasteiger charge is 2.35. The Hall–Kier alpha value is -2.39. The molecule has 1 N–H and O–H groups in total. The summed E-state index contributed by atoms with van der Waals surface area (Å²) in [7, 11) is 1.41. The van der Waals surface area contributed by atoms with Crippen molar-refractivity contribution >= 4 is 11.6 Å². The first-order valence-corrected chi connectivity index (χ1v) is 6.85. The number of alkyl halides is 2. The summed E-state index contributed by atoms with van der Waals surface area (Å²) in [6, 6.07) is -0.910. The van der Waals surface area contributed by atoms with Gasteiger partial charge in [0.2, 0.25) is 0 Å². The highest BCUT2D eigenvalue weighted by atomic mass is 19.2. The second-order valence-electron chi connectivity index (χ2n) is 5.25. The fourth-order valence-electron chi connectivity index (χ4n) is 2.53. The highest BCUT2D eigenvalue weighted by molar-refractivity contribution is 5.98. The standard InChI is InChI=1S/C12H14F2N6O2/c1-19-12(22)20-5-15-9(10(20)17-18-19)11(21)16-7-4-2-3-6(13)8(7)14/h5-8H,2-4H2,1H3,(H,16,21). The molecule has 0 saturated heterocycles. The lowest BCUT2D eigenvalue weighted by Gasteiger charge is -2.29. The molecular formula is C12H14F2N6O2. The van der Waals surface area contributed by atoms with Crippen LogP contribution in [-0.2, 0) is 7.05 Å². The molecule has 0 bridgehead atoms. The number of nitrogens with zero attached hydrogens (tertiary/aromatic N) is 5. The zero-order valence-corrected chi connectivity index (χ0v) is 11.7. The fourth-order valence-corrected chi connectivity index (χ4v) is 2.53. The molecule has 3 atom stereocenters. The average molecular weight is 312 g/mol. The summed E-state index contributed by atoms with van der Waals surface area (Å²) in [6.07, 6.45) is -1.17. The zero-order valence-electron chi connectivity index (χ0n) is 11.7. The summed E-state index contributed by atoms with van der Waals surface area (Å²) in [5.41, 5.74) is -0.677. The van der Waals surface area contributed by atoms with E-state index in [-0.39, 0.29) is 17.8 Å². The fraction of sp³-hybridized carbons (Fsp3) is 0.583. The molecule has 1 amide bonds. The van der Waals surface area contributed by atoms with Gasteiger partial charge in [0.05, 0.1) is 6.04 Å². The SMILES string of the molecule is Cn1nnc2c(C(=O)NC3CCCC(F)C3F)ncn2c1=O. The topological polar surface area (TPSA) is 94.2 Å². The molecule has 22 heavy (non-hydrogen) atoms. The van der Waals surface area contributed by atoms with E-state index in [2.05, 4.69) is 20.6 Å². The van der Waals surface area contributed by atoms with E-state index >= 15 is 0 Å². The van der Waals surface area contributed by atoms with E-state index in [9.17, 15) is 18.4 Å². The van der Waals surface area contributed by atoms with E-state index in [1.165, 1.54) is 7.05 Å². The van der Waals surface area contributed by atoms with Crippen LogP contribution in [0.15, 0.2) is 11.1 Å². The van der Waals surface area contributed by atoms with Crippen molar-refractivity contribution in [1.82, 2.24) is 29.7 Å². The number of halogens is 2. The molecule has 10 heteroatoms. The van der Waals surface area contributed by atoms with Gasteiger partial charge in [0.25, 0.3) is 5.91 Å². The maximum absolute atomic E-state index is 13.8. The molecule has 0 aliphatic heterocycles. The minimum absolute atomic E-state index is 0.0244. The third kappa shape index (κ3) is 2.34. The molecule has 118 valence electrons. The average Bonchev–Trinajstić information content (AvgIpc) is 2.92. The van der Waals surface area contributed by atoms with Crippen LogP contribution in [0.25, 0.3) is 5.65 Å². The third-order valence-electron chi connectivity index (χ3n) is 3.76. The molecule has 2 heterocycles. The van der Waals surface area contributed by atoms with Gasteiger partial charge in [-0.1, -0.05) is 5.21 Å². The lowest BCUT2D eigenvalue weighted by Crippen LogP contribution is -2.47. The lowest BCUT2D eigenvalue weighted by molar-refractivity contribution is 0.0703. The molecule has 2 aromatic rings. The molecule has 0 radical (unpaired) electrons. The Balaban J connectivity index is 1.87. The van der Waals surface area contributed by atoms with Crippen molar-refractivity contribution < 1.29 is 13.6 Å². The quantitative estimate of drug-likeness (QED) is 0.827. The number of carbonyl (C=O) groups excluding carboxylic acids is 1. The number of hydrogen-bond donors (Lipinski definition) is 1. The van der Waals surface area contributed by atoms with Crippen molar-refractivity contribution in [2.24, 2.45) is 7.05 Å². The number of rotatable bonds is 2. The molecule has 0 aromatic carbocycles. The summed E-state index contributed by atoms with van der Waals surface area (Å²) in [4.78, 5) is 27.8. The summed E-state index contributed by atoms with van der Waals surface area (Å²) in [5, 5.41) is 9.73. The molecule has 2 aromatic heterocycles. The third-order valence-corrected chi connectivity index (χ3v) is 3.76. The van der Waals surface area contributed by atoms with Crippen LogP contribution in [0.3, 0.4) is 0 Å². The second-order valence-corrected chi connectivity index (χ2v) is 5.25. The van der Waals surface area contributed by atoms with E-state index < -0.39 is 30.0 Å². The summed E-state index contributed by atoms with van der Waals surface area (Å²) in [5.74, 6) is -0.702. The molecule has 1 aliphatic carbocycles. The van der Waals surface area contributed by atoms with Crippen LogP contribution in [0.2, 0.25) is 0 Å². The Morgan fingerprint density at radius 1 is 1.41 bits per heavy atom. The van der Waals surface area contributed by atoms with Crippen molar-refractivity contribution in [1.29, 1.82) is 0 Å². The van der Waals surface area contributed by atoms with Gasteiger partial charge >= 0.3 is 5.69 Å². The van der Waals surface area contributed by atoms with Crippen LogP contribution in [-0.4, -0.2) is 48.7 Å². The first kappa shape index (κ1) is 14.5. The predicted octanol–water partition coefficient (Wildman–Crippen LogP) is -0.219. The van der Waals surface area contributed by atoms with Gasteiger partial charge in [-0.3, -0.25) is 4.79 Å². The minimum Gasteiger partial charge on any atom is -0.345 e. The molecule has 0 spiro atoms. The van der Waals surface area contributed by atoms with E-state index in [1.807, 2.05) is 0 Å². The Morgan fingerprint density at radius 3 is 2.95 bits per heavy atom. The van der Waals surface area contributed by atoms with Gasteiger partial charge in [-0.05, 0) is 19.3 Å². The van der Waals surface area contributed by atoms with E-state index in [0.717, 1.165) is 15.4 Å². The number of aryl methyl sites for hydroxylation is 1. The number of amides is 1. The minimum atomic E-state index is -1.74. The maximum atomic E-state index is 13.8. The van der Waals surface area contributed by atoms with Gasteiger partial charge < -0.3 is 5.32 Å². The van der Waals surface area contributed by atoms with Gasteiger partial charge in [-0.15, -0.1) is 5.10 Å². The lowest BCUT2D eigenvalue weighted by atomic mass is 9.92. The Kier molecular flexibility index (Phi) is 3.59. The smallest absolute Gasteiger partial charge is 0.345 e. The van der Waals surface area contributed by atoms with Crippen molar-refractivity contribution in [3.8, 4) is 0 Å².